The summed E-state index contributed by atoms with van der Waals surface area (Å²) in [5, 5.41) is 17.4. The average Bonchev–Trinajstić information content (AvgIpc) is 2.65. The zero-order chi connectivity index (χ0) is 10.7. The number of nitrogens with zero attached hydrogens (tertiary/aromatic N) is 3. The zero-order valence-corrected chi connectivity index (χ0v) is 9.40. The number of tetrazole rings is 1. The molecular formula is C10H19N5. The molecule has 0 amide bonds. The number of aromatic nitrogens is 4. The van der Waals surface area contributed by atoms with Crippen molar-refractivity contribution in [1.29, 1.82) is 0 Å². The van der Waals surface area contributed by atoms with Gasteiger partial charge in [0, 0.05) is 6.04 Å². The number of aromatic amines is 1. The molecule has 84 valence electrons. The molecule has 0 spiro atoms. The van der Waals surface area contributed by atoms with Crippen molar-refractivity contribution in [3.63, 3.8) is 0 Å². The molecule has 2 rings (SSSR count). The van der Waals surface area contributed by atoms with E-state index in [0.717, 1.165) is 24.2 Å². The standard InChI is InChI=1S/C10H19N5/c1-7-3-8(2)5-9(4-7)11-6-10-12-14-15-13-10/h7-9,11H,3-6H2,1-2H3,(H,12,13,14,15). The first-order valence-corrected chi connectivity index (χ1v) is 5.69. The maximum atomic E-state index is 3.93. The summed E-state index contributed by atoms with van der Waals surface area (Å²) in [6.45, 7) is 5.39. The number of H-pyrrole nitrogens is 1. The van der Waals surface area contributed by atoms with Gasteiger partial charge in [-0.05, 0) is 31.1 Å². The number of hydrogen-bond donors (Lipinski definition) is 2. The van der Waals surface area contributed by atoms with E-state index in [1.165, 1.54) is 19.3 Å². The Hall–Kier alpha value is -0.970. The average molecular weight is 209 g/mol. The lowest BCUT2D eigenvalue weighted by Gasteiger charge is -2.31. The van der Waals surface area contributed by atoms with E-state index in [-0.39, 0.29) is 0 Å². The molecule has 1 heterocycles. The van der Waals surface area contributed by atoms with Gasteiger partial charge in [0.2, 0.25) is 0 Å². The fourth-order valence-electron chi connectivity index (χ4n) is 2.61. The number of rotatable bonds is 3. The van der Waals surface area contributed by atoms with Crippen molar-refractivity contribution in [2.75, 3.05) is 0 Å². The van der Waals surface area contributed by atoms with E-state index >= 15 is 0 Å². The molecule has 1 fully saturated rings. The highest BCUT2D eigenvalue weighted by Gasteiger charge is 2.23. The van der Waals surface area contributed by atoms with E-state index in [9.17, 15) is 0 Å². The van der Waals surface area contributed by atoms with E-state index in [0.29, 0.717) is 6.04 Å². The van der Waals surface area contributed by atoms with Gasteiger partial charge in [0.25, 0.3) is 0 Å². The van der Waals surface area contributed by atoms with Crippen LogP contribution in [-0.4, -0.2) is 26.7 Å². The largest absolute Gasteiger partial charge is 0.307 e. The minimum Gasteiger partial charge on any atom is -0.307 e. The monoisotopic (exact) mass is 209 g/mol. The molecule has 2 atom stereocenters. The zero-order valence-electron chi connectivity index (χ0n) is 9.40. The van der Waals surface area contributed by atoms with Gasteiger partial charge in [-0.1, -0.05) is 19.1 Å². The molecule has 1 aromatic heterocycles. The quantitative estimate of drug-likeness (QED) is 0.782. The fourth-order valence-corrected chi connectivity index (χ4v) is 2.61. The van der Waals surface area contributed by atoms with E-state index in [4.69, 9.17) is 0 Å². The van der Waals surface area contributed by atoms with E-state index < -0.39 is 0 Å². The minimum atomic E-state index is 0.613. The Balaban J connectivity index is 1.79. The maximum absolute atomic E-state index is 3.93. The molecule has 0 saturated heterocycles. The van der Waals surface area contributed by atoms with Crippen LogP contribution in [0.5, 0.6) is 0 Å². The van der Waals surface area contributed by atoms with Gasteiger partial charge in [-0.3, -0.25) is 0 Å². The van der Waals surface area contributed by atoms with Crippen LogP contribution in [0.15, 0.2) is 0 Å². The van der Waals surface area contributed by atoms with Crippen molar-refractivity contribution in [3.8, 4) is 0 Å². The highest BCUT2D eigenvalue weighted by molar-refractivity contribution is 4.82. The van der Waals surface area contributed by atoms with Gasteiger partial charge in [0.05, 0.1) is 6.54 Å². The van der Waals surface area contributed by atoms with Gasteiger partial charge in [-0.15, -0.1) is 10.2 Å². The van der Waals surface area contributed by atoms with Crippen LogP contribution < -0.4 is 5.32 Å². The SMILES string of the molecule is CC1CC(C)CC(NCc2nn[nH]n2)C1. The normalized spacial score (nSPS) is 31.7. The second kappa shape index (κ2) is 4.70. The third kappa shape index (κ3) is 2.99. The van der Waals surface area contributed by atoms with Crippen LogP contribution in [0.4, 0.5) is 0 Å². The highest BCUT2D eigenvalue weighted by atomic mass is 15.5. The molecule has 0 radical (unpaired) electrons. The van der Waals surface area contributed by atoms with Gasteiger partial charge in [0.15, 0.2) is 5.82 Å². The van der Waals surface area contributed by atoms with Crippen LogP contribution in [0.1, 0.15) is 38.9 Å². The van der Waals surface area contributed by atoms with Gasteiger partial charge in [0.1, 0.15) is 0 Å². The van der Waals surface area contributed by atoms with Crippen molar-refractivity contribution in [3.05, 3.63) is 5.82 Å². The molecule has 1 aromatic rings. The summed E-state index contributed by atoms with van der Waals surface area (Å²) in [6.07, 6.45) is 3.89. The smallest absolute Gasteiger partial charge is 0.188 e. The molecule has 1 aliphatic rings. The molecular weight excluding hydrogens is 190 g/mol. The maximum Gasteiger partial charge on any atom is 0.188 e. The van der Waals surface area contributed by atoms with Crippen LogP contribution in [0.3, 0.4) is 0 Å². The van der Waals surface area contributed by atoms with Gasteiger partial charge in [-0.2, -0.15) is 5.21 Å². The summed E-state index contributed by atoms with van der Waals surface area (Å²) in [5.41, 5.74) is 0. The lowest BCUT2D eigenvalue weighted by molar-refractivity contribution is 0.237. The summed E-state index contributed by atoms with van der Waals surface area (Å²) >= 11 is 0. The van der Waals surface area contributed by atoms with E-state index in [1.54, 1.807) is 0 Å². The Morgan fingerprint density at radius 3 is 2.60 bits per heavy atom. The molecule has 5 nitrogen and oxygen atoms in total. The highest BCUT2D eigenvalue weighted by Crippen LogP contribution is 2.28. The second-order valence-corrected chi connectivity index (χ2v) is 4.82. The Morgan fingerprint density at radius 2 is 2.00 bits per heavy atom. The van der Waals surface area contributed by atoms with Gasteiger partial charge >= 0.3 is 0 Å². The number of nitrogens with one attached hydrogen (secondary N) is 2. The summed E-state index contributed by atoms with van der Waals surface area (Å²) in [7, 11) is 0. The van der Waals surface area contributed by atoms with Crippen molar-refractivity contribution in [1.82, 2.24) is 25.9 Å². The molecule has 2 unspecified atom stereocenters. The fraction of sp³-hybridized carbons (Fsp3) is 0.900. The Labute approximate surface area is 90.0 Å². The van der Waals surface area contributed by atoms with Crippen molar-refractivity contribution < 1.29 is 0 Å². The summed E-state index contributed by atoms with van der Waals surface area (Å²) in [4.78, 5) is 0. The van der Waals surface area contributed by atoms with Crippen LogP contribution in [0, 0.1) is 11.8 Å². The number of hydrogen-bond acceptors (Lipinski definition) is 4. The molecule has 5 heteroatoms. The first-order chi connectivity index (χ1) is 7.24. The molecule has 15 heavy (non-hydrogen) atoms. The van der Waals surface area contributed by atoms with Crippen molar-refractivity contribution >= 4 is 0 Å². The summed E-state index contributed by atoms with van der Waals surface area (Å²) in [6, 6.07) is 0.613. The lowest BCUT2D eigenvalue weighted by Crippen LogP contribution is -2.36. The topological polar surface area (TPSA) is 66.5 Å². The van der Waals surface area contributed by atoms with Crippen molar-refractivity contribution in [2.24, 2.45) is 11.8 Å². The van der Waals surface area contributed by atoms with Crippen LogP contribution >= 0.6 is 0 Å². The molecule has 1 aliphatic carbocycles. The predicted molar refractivity (Wildman–Crippen MR) is 57.0 cm³/mol. The van der Waals surface area contributed by atoms with Crippen LogP contribution in [0.25, 0.3) is 0 Å². The predicted octanol–water partition coefficient (Wildman–Crippen LogP) is 1.11. The first-order valence-electron chi connectivity index (χ1n) is 5.69. The Kier molecular flexibility index (Phi) is 3.30. The van der Waals surface area contributed by atoms with E-state index in [2.05, 4.69) is 39.8 Å². The second-order valence-electron chi connectivity index (χ2n) is 4.82. The Morgan fingerprint density at radius 1 is 1.27 bits per heavy atom. The minimum absolute atomic E-state index is 0.613. The molecule has 0 aliphatic heterocycles. The summed E-state index contributed by atoms with van der Waals surface area (Å²) < 4.78 is 0. The third-order valence-electron chi connectivity index (χ3n) is 3.12. The van der Waals surface area contributed by atoms with Gasteiger partial charge in [-0.25, -0.2) is 0 Å². The van der Waals surface area contributed by atoms with Gasteiger partial charge < -0.3 is 5.32 Å². The third-order valence-corrected chi connectivity index (χ3v) is 3.12. The molecule has 0 aromatic carbocycles. The summed E-state index contributed by atoms with van der Waals surface area (Å²) in [5.74, 6) is 2.41. The molecule has 1 saturated carbocycles. The first kappa shape index (κ1) is 10.5. The molecule has 2 N–H and O–H groups in total. The van der Waals surface area contributed by atoms with Crippen LogP contribution in [-0.2, 0) is 6.54 Å². The Bertz CT molecular complexity index is 274. The van der Waals surface area contributed by atoms with E-state index in [1.807, 2.05) is 0 Å². The van der Waals surface area contributed by atoms with Crippen molar-refractivity contribution in [2.45, 2.75) is 45.7 Å². The van der Waals surface area contributed by atoms with Crippen LogP contribution in [0.2, 0.25) is 0 Å². The lowest BCUT2D eigenvalue weighted by atomic mass is 9.80. The molecule has 0 bridgehead atoms.